The van der Waals surface area contributed by atoms with Gasteiger partial charge in [0.05, 0.1) is 0 Å². The van der Waals surface area contributed by atoms with Crippen LogP contribution < -0.4 is 15.5 Å². The highest BCUT2D eigenvalue weighted by Gasteiger charge is 2.15. The van der Waals surface area contributed by atoms with Crippen molar-refractivity contribution in [1.82, 2.24) is 10.2 Å². The molecule has 2 aromatic carbocycles. The summed E-state index contributed by atoms with van der Waals surface area (Å²) in [6, 6.07) is 13.5. The molecule has 0 unspecified atom stereocenters. The van der Waals surface area contributed by atoms with Crippen molar-refractivity contribution < 1.29 is 9.59 Å². The van der Waals surface area contributed by atoms with E-state index in [9.17, 15) is 9.59 Å². The smallest absolute Gasteiger partial charge is 0.313 e. The first kappa shape index (κ1) is 21.1. The number of aryl methyl sites for hydroxylation is 1. The normalized spacial score (nSPS) is 14.5. The van der Waals surface area contributed by atoms with Gasteiger partial charge >= 0.3 is 11.8 Å². The topological polar surface area (TPSA) is 64.7 Å². The number of carbonyl (C=O) groups is 2. The van der Waals surface area contributed by atoms with Gasteiger partial charge in [-0.1, -0.05) is 29.8 Å². The number of likely N-dealkylation sites (N-methyl/N-ethyl adjacent to an activating group) is 1. The largest absolute Gasteiger partial charge is 0.369 e. The Labute approximate surface area is 176 Å². The second-order valence-electron chi connectivity index (χ2n) is 7.38. The van der Waals surface area contributed by atoms with E-state index >= 15 is 0 Å². The number of rotatable bonds is 5. The van der Waals surface area contributed by atoms with Gasteiger partial charge < -0.3 is 20.4 Å². The Hall–Kier alpha value is -2.57. The van der Waals surface area contributed by atoms with E-state index in [0.29, 0.717) is 23.7 Å². The lowest BCUT2D eigenvalue weighted by molar-refractivity contribution is -0.136. The molecule has 0 spiro atoms. The minimum absolute atomic E-state index is 0.398. The lowest BCUT2D eigenvalue weighted by Crippen LogP contribution is -2.44. The highest BCUT2D eigenvalue weighted by atomic mass is 35.5. The number of halogens is 1. The Balaban J connectivity index is 1.43. The Bertz CT molecular complexity index is 862. The number of hydrogen-bond acceptors (Lipinski definition) is 4. The quantitative estimate of drug-likeness (QED) is 0.738. The fraction of sp³-hybridized carbons (Fsp3) is 0.364. The zero-order valence-electron chi connectivity index (χ0n) is 16.9. The molecule has 2 N–H and O–H groups in total. The van der Waals surface area contributed by atoms with Crippen LogP contribution in [0.4, 0.5) is 11.4 Å². The van der Waals surface area contributed by atoms with Gasteiger partial charge in [0.25, 0.3) is 0 Å². The summed E-state index contributed by atoms with van der Waals surface area (Å²) in [6.45, 7) is 6.49. The number of anilines is 2. The maximum Gasteiger partial charge on any atom is 0.313 e. The second-order valence-corrected chi connectivity index (χ2v) is 7.79. The fourth-order valence-corrected chi connectivity index (χ4v) is 3.38. The molecule has 6 nitrogen and oxygen atoms in total. The molecular formula is C22H27ClN4O2. The van der Waals surface area contributed by atoms with Crippen molar-refractivity contribution in [1.29, 1.82) is 0 Å². The van der Waals surface area contributed by atoms with Crippen LogP contribution in [0.25, 0.3) is 0 Å². The van der Waals surface area contributed by atoms with Gasteiger partial charge in [-0.2, -0.15) is 0 Å². The monoisotopic (exact) mass is 414 g/mol. The molecule has 1 saturated heterocycles. The van der Waals surface area contributed by atoms with Gasteiger partial charge in [0, 0.05) is 49.1 Å². The third kappa shape index (κ3) is 5.95. The highest BCUT2D eigenvalue weighted by Crippen LogP contribution is 2.20. The summed E-state index contributed by atoms with van der Waals surface area (Å²) in [4.78, 5) is 28.7. The number of hydrogen-bond donors (Lipinski definition) is 2. The van der Waals surface area contributed by atoms with Crippen LogP contribution in [0, 0.1) is 6.92 Å². The van der Waals surface area contributed by atoms with Gasteiger partial charge in [0.1, 0.15) is 0 Å². The number of piperazine rings is 1. The predicted octanol–water partition coefficient (Wildman–Crippen LogP) is 2.70. The van der Waals surface area contributed by atoms with Gasteiger partial charge in [0.15, 0.2) is 0 Å². The van der Waals surface area contributed by atoms with Crippen molar-refractivity contribution in [3.05, 3.63) is 58.6 Å². The van der Waals surface area contributed by atoms with Crippen LogP contribution in [-0.2, 0) is 16.0 Å². The average molecular weight is 415 g/mol. The fourth-order valence-electron chi connectivity index (χ4n) is 3.20. The Kier molecular flexibility index (Phi) is 7.12. The predicted molar refractivity (Wildman–Crippen MR) is 118 cm³/mol. The SMILES string of the molecule is Cc1ccc(NC(=O)C(=O)NCCc2ccc(N3CCN(C)CC3)cc2)cc1Cl. The molecule has 0 aliphatic carbocycles. The maximum atomic E-state index is 12.0. The van der Waals surface area contributed by atoms with E-state index in [0.717, 1.165) is 37.3 Å². The summed E-state index contributed by atoms with van der Waals surface area (Å²) in [5, 5.41) is 5.77. The Morgan fingerprint density at radius 3 is 2.34 bits per heavy atom. The molecule has 1 heterocycles. The number of nitrogens with one attached hydrogen (secondary N) is 2. The zero-order valence-corrected chi connectivity index (χ0v) is 17.6. The van der Waals surface area contributed by atoms with Crippen molar-refractivity contribution in [2.24, 2.45) is 0 Å². The molecule has 1 aliphatic rings. The lowest BCUT2D eigenvalue weighted by atomic mass is 10.1. The van der Waals surface area contributed by atoms with E-state index in [1.165, 1.54) is 5.69 Å². The molecule has 154 valence electrons. The summed E-state index contributed by atoms with van der Waals surface area (Å²) in [5.41, 5.74) is 3.75. The minimum Gasteiger partial charge on any atom is -0.369 e. The first-order valence-corrected chi connectivity index (χ1v) is 10.2. The van der Waals surface area contributed by atoms with Crippen LogP contribution in [-0.4, -0.2) is 56.5 Å². The third-order valence-electron chi connectivity index (χ3n) is 5.14. The van der Waals surface area contributed by atoms with Gasteiger partial charge in [-0.25, -0.2) is 0 Å². The second kappa shape index (κ2) is 9.76. The van der Waals surface area contributed by atoms with E-state index in [2.05, 4.69) is 51.7 Å². The van der Waals surface area contributed by atoms with E-state index in [4.69, 9.17) is 11.6 Å². The molecule has 0 saturated carbocycles. The molecule has 2 amide bonds. The summed E-state index contributed by atoms with van der Waals surface area (Å²) >= 11 is 6.04. The Morgan fingerprint density at radius 2 is 1.69 bits per heavy atom. The minimum atomic E-state index is -0.699. The maximum absolute atomic E-state index is 12.0. The molecule has 0 radical (unpaired) electrons. The number of benzene rings is 2. The molecule has 3 rings (SSSR count). The molecule has 0 bridgehead atoms. The lowest BCUT2D eigenvalue weighted by Gasteiger charge is -2.34. The van der Waals surface area contributed by atoms with Crippen LogP contribution in [0.5, 0.6) is 0 Å². The molecule has 2 aromatic rings. The van der Waals surface area contributed by atoms with Gasteiger partial charge in [-0.05, 0) is 55.8 Å². The summed E-state index contributed by atoms with van der Waals surface area (Å²) < 4.78 is 0. The van der Waals surface area contributed by atoms with Crippen molar-refractivity contribution in [3.63, 3.8) is 0 Å². The van der Waals surface area contributed by atoms with E-state index in [1.807, 2.05) is 6.92 Å². The van der Waals surface area contributed by atoms with Crippen molar-refractivity contribution in [2.75, 3.05) is 50.0 Å². The average Bonchev–Trinajstić information content (AvgIpc) is 2.72. The van der Waals surface area contributed by atoms with Gasteiger partial charge in [-0.15, -0.1) is 0 Å². The molecular weight excluding hydrogens is 388 g/mol. The van der Waals surface area contributed by atoms with Crippen molar-refractivity contribution in [2.45, 2.75) is 13.3 Å². The zero-order chi connectivity index (χ0) is 20.8. The molecule has 1 fully saturated rings. The molecule has 1 aliphatic heterocycles. The van der Waals surface area contributed by atoms with E-state index in [-0.39, 0.29) is 0 Å². The summed E-state index contributed by atoms with van der Waals surface area (Å²) in [5.74, 6) is -1.36. The van der Waals surface area contributed by atoms with Crippen molar-refractivity contribution >= 4 is 34.8 Å². The van der Waals surface area contributed by atoms with Crippen LogP contribution in [0.2, 0.25) is 5.02 Å². The van der Waals surface area contributed by atoms with Gasteiger partial charge in [0.2, 0.25) is 0 Å². The first-order chi connectivity index (χ1) is 13.9. The molecule has 7 heteroatoms. The van der Waals surface area contributed by atoms with Crippen LogP contribution in [0.1, 0.15) is 11.1 Å². The highest BCUT2D eigenvalue weighted by molar-refractivity contribution is 6.39. The van der Waals surface area contributed by atoms with Crippen LogP contribution in [0.15, 0.2) is 42.5 Å². The number of nitrogens with zero attached hydrogens (tertiary/aromatic N) is 2. The summed E-state index contributed by atoms with van der Waals surface area (Å²) in [7, 11) is 2.14. The molecule has 0 atom stereocenters. The molecule has 0 aromatic heterocycles. The van der Waals surface area contributed by atoms with Crippen LogP contribution in [0.3, 0.4) is 0 Å². The number of amides is 2. The van der Waals surface area contributed by atoms with Gasteiger partial charge in [-0.3, -0.25) is 9.59 Å². The van der Waals surface area contributed by atoms with E-state index < -0.39 is 11.8 Å². The Morgan fingerprint density at radius 1 is 1.00 bits per heavy atom. The third-order valence-corrected chi connectivity index (χ3v) is 5.55. The van der Waals surface area contributed by atoms with Crippen molar-refractivity contribution in [3.8, 4) is 0 Å². The molecule has 29 heavy (non-hydrogen) atoms. The van der Waals surface area contributed by atoms with Crippen LogP contribution >= 0.6 is 11.6 Å². The summed E-state index contributed by atoms with van der Waals surface area (Å²) in [6.07, 6.45) is 0.665. The first-order valence-electron chi connectivity index (χ1n) is 9.80. The standard InChI is InChI=1S/C22H27ClN4O2/c1-16-3-6-18(15-20(16)23)25-22(29)21(28)24-10-9-17-4-7-19(8-5-17)27-13-11-26(2)12-14-27/h3-8,15H,9-14H2,1-2H3,(H,24,28)(H,25,29). The van der Waals surface area contributed by atoms with E-state index in [1.54, 1.807) is 18.2 Å². The number of carbonyl (C=O) groups excluding carboxylic acids is 2.